The Morgan fingerprint density at radius 1 is 1.50 bits per heavy atom. The van der Waals surface area contributed by atoms with E-state index in [4.69, 9.17) is 9.84 Å². The number of hydrogen-bond donors (Lipinski definition) is 3. The van der Waals surface area contributed by atoms with Crippen LogP contribution in [0.3, 0.4) is 0 Å². The standard InChI is InChI=1S/C9H18N2O3/c1-2-3-4-10-9(13)11-5-7-14-8-6-12/h3-4,12H,2,5-8H2,1H3,(H2,10,11,13)/b4-3+. The second kappa shape index (κ2) is 10.0. The summed E-state index contributed by atoms with van der Waals surface area (Å²) in [6.45, 7) is 3.14. The van der Waals surface area contributed by atoms with Crippen LogP contribution in [0.15, 0.2) is 12.3 Å². The Balaban J connectivity index is 3.22. The van der Waals surface area contributed by atoms with E-state index in [9.17, 15) is 4.79 Å². The third-order valence-corrected chi connectivity index (χ3v) is 1.34. The highest BCUT2D eigenvalue weighted by Gasteiger charge is 1.94. The van der Waals surface area contributed by atoms with E-state index in [1.54, 1.807) is 6.20 Å². The fraction of sp³-hybridized carbons (Fsp3) is 0.667. The lowest BCUT2D eigenvalue weighted by molar-refractivity contribution is 0.0948. The monoisotopic (exact) mass is 202 g/mol. The number of amides is 2. The summed E-state index contributed by atoms with van der Waals surface area (Å²) in [6.07, 6.45) is 4.34. The van der Waals surface area contributed by atoms with Gasteiger partial charge < -0.3 is 20.5 Å². The summed E-state index contributed by atoms with van der Waals surface area (Å²) in [5.74, 6) is 0. The van der Waals surface area contributed by atoms with Gasteiger partial charge in [-0.15, -0.1) is 0 Å². The third-order valence-electron chi connectivity index (χ3n) is 1.34. The number of aliphatic hydroxyl groups is 1. The summed E-state index contributed by atoms with van der Waals surface area (Å²) in [6, 6.07) is -0.248. The third kappa shape index (κ3) is 9.02. The Kier molecular flexibility index (Phi) is 9.25. The Hall–Kier alpha value is -1.07. The van der Waals surface area contributed by atoms with Crippen molar-refractivity contribution >= 4 is 6.03 Å². The van der Waals surface area contributed by atoms with E-state index in [-0.39, 0.29) is 12.6 Å². The van der Waals surface area contributed by atoms with Gasteiger partial charge >= 0.3 is 6.03 Å². The molecule has 5 heteroatoms. The number of allylic oxidation sites excluding steroid dienone is 1. The van der Waals surface area contributed by atoms with Gasteiger partial charge in [-0.2, -0.15) is 0 Å². The fourth-order valence-corrected chi connectivity index (χ4v) is 0.707. The van der Waals surface area contributed by atoms with Gasteiger partial charge in [0.25, 0.3) is 0 Å². The number of nitrogens with one attached hydrogen (secondary N) is 2. The molecule has 0 radical (unpaired) electrons. The Bertz CT molecular complexity index is 171. The average Bonchev–Trinajstić information content (AvgIpc) is 2.18. The van der Waals surface area contributed by atoms with Crippen LogP contribution in [-0.2, 0) is 4.74 Å². The lowest BCUT2D eigenvalue weighted by atomic mass is 10.5. The normalized spacial score (nSPS) is 10.4. The van der Waals surface area contributed by atoms with Crippen molar-refractivity contribution in [3.05, 3.63) is 12.3 Å². The molecule has 0 aliphatic rings. The molecule has 0 bridgehead atoms. The largest absolute Gasteiger partial charge is 0.394 e. The topological polar surface area (TPSA) is 70.6 Å². The molecule has 0 atom stereocenters. The maximum atomic E-state index is 11.0. The summed E-state index contributed by atoms with van der Waals surface area (Å²) < 4.78 is 4.95. The van der Waals surface area contributed by atoms with Crippen LogP contribution < -0.4 is 10.6 Å². The Labute approximate surface area is 84.1 Å². The molecule has 0 fully saturated rings. The van der Waals surface area contributed by atoms with Crippen molar-refractivity contribution in [2.24, 2.45) is 0 Å². The zero-order valence-electron chi connectivity index (χ0n) is 8.45. The predicted octanol–water partition coefficient (Wildman–Crippen LogP) is 0.218. The second-order valence-electron chi connectivity index (χ2n) is 2.55. The van der Waals surface area contributed by atoms with Gasteiger partial charge in [-0.05, 0) is 6.42 Å². The fourth-order valence-electron chi connectivity index (χ4n) is 0.707. The molecule has 0 aliphatic heterocycles. The molecule has 0 saturated heterocycles. The smallest absolute Gasteiger partial charge is 0.318 e. The van der Waals surface area contributed by atoms with E-state index in [1.807, 2.05) is 13.0 Å². The van der Waals surface area contributed by atoms with Crippen molar-refractivity contribution in [3.8, 4) is 0 Å². The zero-order valence-corrected chi connectivity index (χ0v) is 8.45. The van der Waals surface area contributed by atoms with Crippen LogP contribution in [0.25, 0.3) is 0 Å². The van der Waals surface area contributed by atoms with Crippen LogP contribution in [0.4, 0.5) is 4.79 Å². The molecule has 0 aromatic rings. The molecule has 0 unspecified atom stereocenters. The van der Waals surface area contributed by atoms with E-state index < -0.39 is 0 Å². The van der Waals surface area contributed by atoms with Crippen molar-refractivity contribution < 1.29 is 14.6 Å². The van der Waals surface area contributed by atoms with Crippen molar-refractivity contribution in [3.63, 3.8) is 0 Å². The number of rotatable bonds is 7. The van der Waals surface area contributed by atoms with Crippen LogP contribution in [0.5, 0.6) is 0 Å². The molecule has 2 amide bonds. The lowest BCUT2D eigenvalue weighted by Crippen LogP contribution is -2.34. The number of hydrogen-bond acceptors (Lipinski definition) is 3. The first-order chi connectivity index (χ1) is 6.81. The molecule has 0 saturated carbocycles. The SMILES string of the molecule is CC/C=C/NC(=O)NCCOCCO. The molecule has 5 nitrogen and oxygen atoms in total. The number of urea groups is 1. The van der Waals surface area contributed by atoms with Crippen molar-refractivity contribution in [1.29, 1.82) is 0 Å². The summed E-state index contributed by atoms with van der Waals surface area (Å²) in [5, 5.41) is 13.5. The van der Waals surface area contributed by atoms with Crippen molar-refractivity contribution in [2.45, 2.75) is 13.3 Å². The molecule has 0 aromatic heterocycles. The first-order valence-corrected chi connectivity index (χ1v) is 4.69. The van der Waals surface area contributed by atoms with Crippen molar-refractivity contribution in [1.82, 2.24) is 10.6 Å². The number of carbonyl (C=O) groups is 1. The molecular formula is C9H18N2O3. The van der Waals surface area contributed by atoms with Gasteiger partial charge in [-0.3, -0.25) is 0 Å². The maximum absolute atomic E-state index is 11.0. The van der Waals surface area contributed by atoms with Crippen LogP contribution in [0.1, 0.15) is 13.3 Å². The van der Waals surface area contributed by atoms with Crippen LogP contribution in [0, 0.1) is 0 Å². The van der Waals surface area contributed by atoms with E-state index in [0.717, 1.165) is 6.42 Å². The van der Waals surface area contributed by atoms with Crippen LogP contribution >= 0.6 is 0 Å². The van der Waals surface area contributed by atoms with Crippen LogP contribution in [-0.4, -0.2) is 37.5 Å². The highest BCUT2D eigenvalue weighted by molar-refractivity contribution is 5.74. The highest BCUT2D eigenvalue weighted by Crippen LogP contribution is 1.76. The molecule has 0 aromatic carbocycles. The van der Waals surface area contributed by atoms with Gasteiger partial charge in [0.2, 0.25) is 0 Å². The minimum Gasteiger partial charge on any atom is -0.394 e. The summed E-state index contributed by atoms with van der Waals surface area (Å²) >= 11 is 0. The number of aliphatic hydroxyl groups excluding tert-OH is 1. The van der Waals surface area contributed by atoms with E-state index in [0.29, 0.717) is 19.8 Å². The predicted molar refractivity (Wildman–Crippen MR) is 53.9 cm³/mol. The van der Waals surface area contributed by atoms with Gasteiger partial charge in [0, 0.05) is 12.7 Å². The summed E-state index contributed by atoms with van der Waals surface area (Å²) in [4.78, 5) is 11.0. The molecule has 0 aliphatic carbocycles. The minimum atomic E-state index is -0.248. The zero-order chi connectivity index (χ0) is 10.6. The number of carbonyl (C=O) groups excluding carboxylic acids is 1. The summed E-state index contributed by atoms with van der Waals surface area (Å²) in [5.41, 5.74) is 0. The second-order valence-corrected chi connectivity index (χ2v) is 2.55. The highest BCUT2D eigenvalue weighted by atomic mass is 16.5. The molecule has 82 valence electrons. The van der Waals surface area contributed by atoms with Gasteiger partial charge in [0.05, 0.1) is 19.8 Å². The Morgan fingerprint density at radius 3 is 2.93 bits per heavy atom. The van der Waals surface area contributed by atoms with E-state index in [2.05, 4.69) is 10.6 Å². The maximum Gasteiger partial charge on any atom is 0.318 e. The van der Waals surface area contributed by atoms with Crippen molar-refractivity contribution in [2.75, 3.05) is 26.4 Å². The first-order valence-electron chi connectivity index (χ1n) is 4.69. The number of ether oxygens (including phenoxy) is 1. The molecule has 0 spiro atoms. The molecule has 14 heavy (non-hydrogen) atoms. The molecular weight excluding hydrogens is 184 g/mol. The first kappa shape index (κ1) is 12.9. The molecule has 0 rings (SSSR count). The van der Waals surface area contributed by atoms with Gasteiger partial charge in [0.1, 0.15) is 0 Å². The van der Waals surface area contributed by atoms with Crippen LogP contribution in [0.2, 0.25) is 0 Å². The Morgan fingerprint density at radius 2 is 2.29 bits per heavy atom. The van der Waals surface area contributed by atoms with E-state index >= 15 is 0 Å². The quantitative estimate of drug-likeness (QED) is 0.517. The minimum absolute atomic E-state index is 0.00539. The summed E-state index contributed by atoms with van der Waals surface area (Å²) in [7, 11) is 0. The average molecular weight is 202 g/mol. The van der Waals surface area contributed by atoms with Gasteiger partial charge in [-0.1, -0.05) is 13.0 Å². The molecule has 3 N–H and O–H groups in total. The lowest BCUT2D eigenvalue weighted by Gasteiger charge is -2.04. The van der Waals surface area contributed by atoms with Gasteiger partial charge in [-0.25, -0.2) is 4.79 Å². The van der Waals surface area contributed by atoms with E-state index in [1.165, 1.54) is 0 Å². The van der Waals surface area contributed by atoms with Gasteiger partial charge in [0.15, 0.2) is 0 Å². The molecule has 0 heterocycles.